The average Bonchev–Trinajstić information content (AvgIpc) is 2.46. The normalized spacial score (nSPS) is 22.9. The molecule has 1 aliphatic carbocycles. The summed E-state index contributed by atoms with van der Waals surface area (Å²) in [7, 11) is 2.15. The molecule has 106 valence electrons. The second-order valence-electron chi connectivity index (χ2n) is 5.91. The third-order valence-corrected chi connectivity index (χ3v) is 4.54. The van der Waals surface area contributed by atoms with Crippen LogP contribution in [-0.4, -0.2) is 23.1 Å². The van der Waals surface area contributed by atoms with Crippen molar-refractivity contribution in [3.05, 3.63) is 24.5 Å². The molecule has 2 atom stereocenters. The molecule has 0 radical (unpaired) electrons. The van der Waals surface area contributed by atoms with Gasteiger partial charge in [0.05, 0.1) is 5.52 Å². The van der Waals surface area contributed by atoms with Gasteiger partial charge in [-0.25, -0.2) is 9.97 Å². The highest BCUT2D eigenvalue weighted by atomic mass is 15.2. The van der Waals surface area contributed by atoms with Gasteiger partial charge < -0.3 is 10.6 Å². The summed E-state index contributed by atoms with van der Waals surface area (Å²) >= 11 is 0. The van der Waals surface area contributed by atoms with Gasteiger partial charge in [0.1, 0.15) is 12.1 Å². The quantitative estimate of drug-likeness (QED) is 0.851. The van der Waals surface area contributed by atoms with E-state index in [1.807, 2.05) is 18.2 Å². The molecular weight excluding hydrogens is 248 g/mol. The summed E-state index contributed by atoms with van der Waals surface area (Å²) in [5.41, 5.74) is 7.65. The van der Waals surface area contributed by atoms with Crippen LogP contribution in [0.1, 0.15) is 32.6 Å². The lowest BCUT2D eigenvalue weighted by Crippen LogP contribution is -2.39. The Kier molecular flexibility index (Phi) is 3.47. The molecule has 2 N–H and O–H groups in total. The second kappa shape index (κ2) is 5.27. The van der Waals surface area contributed by atoms with E-state index in [2.05, 4.69) is 28.8 Å². The fourth-order valence-corrected chi connectivity index (χ4v) is 3.37. The monoisotopic (exact) mass is 270 g/mol. The minimum Gasteiger partial charge on any atom is -0.399 e. The van der Waals surface area contributed by atoms with Gasteiger partial charge in [-0.05, 0) is 37.0 Å². The van der Waals surface area contributed by atoms with Gasteiger partial charge in [0, 0.05) is 24.2 Å². The first-order valence-electron chi connectivity index (χ1n) is 7.40. The summed E-state index contributed by atoms with van der Waals surface area (Å²) in [5.74, 6) is 1.71. The Morgan fingerprint density at radius 1 is 1.20 bits per heavy atom. The minimum atomic E-state index is 0.559. The molecule has 1 heterocycles. The van der Waals surface area contributed by atoms with E-state index in [0.717, 1.165) is 22.4 Å². The molecule has 4 nitrogen and oxygen atoms in total. The zero-order chi connectivity index (χ0) is 14.1. The van der Waals surface area contributed by atoms with Crippen LogP contribution in [0.25, 0.3) is 10.9 Å². The predicted octanol–water partition coefficient (Wildman–Crippen LogP) is 3.23. The van der Waals surface area contributed by atoms with Crippen molar-refractivity contribution in [2.45, 2.75) is 38.6 Å². The van der Waals surface area contributed by atoms with E-state index in [-0.39, 0.29) is 0 Å². The SMILES string of the molecule is CC1CCCCC1N(C)c1ncnc2ccc(N)cc12. The number of benzene rings is 1. The van der Waals surface area contributed by atoms with Crippen LogP contribution < -0.4 is 10.6 Å². The molecule has 0 bridgehead atoms. The number of aromatic nitrogens is 2. The van der Waals surface area contributed by atoms with Crippen LogP contribution in [0.15, 0.2) is 24.5 Å². The molecule has 2 unspecified atom stereocenters. The second-order valence-corrected chi connectivity index (χ2v) is 5.91. The van der Waals surface area contributed by atoms with Crippen LogP contribution in [0.3, 0.4) is 0 Å². The third-order valence-electron chi connectivity index (χ3n) is 4.54. The van der Waals surface area contributed by atoms with E-state index < -0.39 is 0 Å². The highest BCUT2D eigenvalue weighted by molar-refractivity contribution is 5.91. The number of hydrogen-bond donors (Lipinski definition) is 1. The summed E-state index contributed by atoms with van der Waals surface area (Å²) < 4.78 is 0. The number of nitrogen functional groups attached to an aromatic ring is 1. The number of hydrogen-bond acceptors (Lipinski definition) is 4. The zero-order valence-electron chi connectivity index (χ0n) is 12.2. The Labute approximate surface area is 120 Å². The molecule has 0 amide bonds. The van der Waals surface area contributed by atoms with Crippen LogP contribution in [0, 0.1) is 5.92 Å². The van der Waals surface area contributed by atoms with Gasteiger partial charge in [0.15, 0.2) is 0 Å². The average molecular weight is 270 g/mol. The van der Waals surface area contributed by atoms with Gasteiger partial charge in [-0.1, -0.05) is 19.8 Å². The number of rotatable bonds is 2. The topological polar surface area (TPSA) is 55.0 Å². The highest BCUT2D eigenvalue weighted by Gasteiger charge is 2.26. The van der Waals surface area contributed by atoms with Gasteiger partial charge in [0.2, 0.25) is 0 Å². The van der Waals surface area contributed by atoms with Crippen molar-refractivity contribution in [1.29, 1.82) is 0 Å². The van der Waals surface area contributed by atoms with Gasteiger partial charge in [-0.3, -0.25) is 0 Å². The first kappa shape index (κ1) is 13.2. The maximum Gasteiger partial charge on any atom is 0.139 e. The summed E-state index contributed by atoms with van der Waals surface area (Å²) in [5, 5.41) is 1.05. The van der Waals surface area contributed by atoms with Crippen LogP contribution >= 0.6 is 0 Å². The van der Waals surface area contributed by atoms with E-state index in [0.29, 0.717) is 12.0 Å². The predicted molar refractivity (Wildman–Crippen MR) is 83.8 cm³/mol. The first-order chi connectivity index (χ1) is 9.66. The van der Waals surface area contributed by atoms with Gasteiger partial charge >= 0.3 is 0 Å². The van der Waals surface area contributed by atoms with E-state index in [1.54, 1.807) is 6.33 Å². The Balaban J connectivity index is 2.02. The molecule has 2 aromatic rings. The maximum absolute atomic E-state index is 5.92. The lowest BCUT2D eigenvalue weighted by Gasteiger charge is -2.37. The van der Waals surface area contributed by atoms with Gasteiger partial charge in [-0.15, -0.1) is 0 Å². The summed E-state index contributed by atoms with van der Waals surface area (Å²) in [6.45, 7) is 2.35. The Morgan fingerprint density at radius 3 is 2.80 bits per heavy atom. The fraction of sp³-hybridized carbons (Fsp3) is 0.500. The van der Waals surface area contributed by atoms with Crippen molar-refractivity contribution in [3.8, 4) is 0 Å². The van der Waals surface area contributed by atoms with Crippen LogP contribution in [0.4, 0.5) is 11.5 Å². The maximum atomic E-state index is 5.92. The Bertz CT molecular complexity index is 610. The molecule has 4 heteroatoms. The molecule has 1 fully saturated rings. The van der Waals surface area contributed by atoms with Gasteiger partial charge in [0.25, 0.3) is 0 Å². The van der Waals surface area contributed by atoms with Crippen LogP contribution in [-0.2, 0) is 0 Å². The number of nitrogens with zero attached hydrogens (tertiary/aromatic N) is 3. The fourth-order valence-electron chi connectivity index (χ4n) is 3.37. The Hall–Kier alpha value is -1.84. The van der Waals surface area contributed by atoms with Gasteiger partial charge in [-0.2, -0.15) is 0 Å². The molecule has 3 rings (SSSR count). The van der Waals surface area contributed by atoms with Crippen LogP contribution in [0.2, 0.25) is 0 Å². The lowest BCUT2D eigenvalue weighted by molar-refractivity contribution is 0.321. The molecular formula is C16H22N4. The minimum absolute atomic E-state index is 0.559. The molecule has 1 aromatic carbocycles. The molecule has 1 aliphatic rings. The first-order valence-corrected chi connectivity index (χ1v) is 7.40. The zero-order valence-corrected chi connectivity index (χ0v) is 12.2. The number of nitrogens with two attached hydrogens (primary N) is 1. The third kappa shape index (κ3) is 2.30. The Morgan fingerprint density at radius 2 is 2.00 bits per heavy atom. The van der Waals surface area contributed by atoms with E-state index in [9.17, 15) is 0 Å². The standard InChI is InChI=1S/C16H22N4/c1-11-5-3-4-6-15(11)20(2)16-13-9-12(17)7-8-14(13)18-10-19-16/h7-11,15H,3-6,17H2,1-2H3. The number of anilines is 2. The lowest BCUT2D eigenvalue weighted by atomic mass is 9.85. The van der Waals surface area contributed by atoms with E-state index in [4.69, 9.17) is 5.73 Å². The summed E-state index contributed by atoms with van der Waals surface area (Å²) in [6, 6.07) is 6.40. The smallest absolute Gasteiger partial charge is 0.139 e. The van der Waals surface area contributed by atoms with Crippen LogP contribution in [0.5, 0.6) is 0 Å². The van der Waals surface area contributed by atoms with Crippen molar-refractivity contribution >= 4 is 22.4 Å². The van der Waals surface area contributed by atoms with Crippen molar-refractivity contribution in [2.75, 3.05) is 17.7 Å². The highest BCUT2D eigenvalue weighted by Crippen LogP contribution is 2.32. The molecule has 0 saturated heterocycles. The van der Waals surface area contributed by atoms with Crippen molar-refractivity contribution in [1.82, 2.24) is 9.97 Å². The summed E-state index contributed by atoms with van der Waals surface area (Å²) in [6.07, 6.45) is 6.86. The van der Waals surface area contributed by atoms with Crippen molar-refractivity contribution in [2.24, 2.45) is 5.92 Å². The van der Waals surface area contributed by atoms with Crippen molar-refractivity contribution in [3.63, 3.8) is 0 Å². The molecule has 20 heavy (non-hydrogen) atoms. The van der Waals surface area contributed by atoms with E-state index in [1.165, 1.54) is 25.7 Å². The molecule has 0 spiro atoms. The number of fused-ring (bicyclic) bond motifs is 1. The largest absolute Gasteiger partial charge is 0.399 e. The molecule has 1 saturated carbocycles. The molecule has 0 aliphatic heterocycles. The summed E-state index contributed by atoms with van der Waals surface area (Å²) in [4.78, 5) is 11.2. The van der Waals surface area contributed by atoms with Crippen molar-refractivity contribution < 1.29 is 0 Å². The van der Waals surface area contributed by atoms with E-state index >= 15 is 0 Å². The molecule has 1 aromatic heterocycles.